The summed E-state index contributed by atoms with van der Waals surface area (Å²) in [6.07, 6.45) is -0.964. The van der Waals surface area contributed by atoms with E-state index in [1.165, 1.54) is 25.1 Å². The largest absolute Gasteiger partial charge is 0.530 e. The molecule has 0 amide bonds. The lowest BCUT2D eigenvalue weighted by Crippen LogP contribution is -2.24. The van der Waals surface area contributed by atoms with Crippen molar-refractivity contribution in [2.24, 2.45) is 0 Å². The molecule has 13 heteroatoms. The zero-order valence-electron chi connectivity index (χ0n) is 21.0. The molecule has 0 aliphatic carbocycles. The number of esters is 1. The summed E-state index contributed by atoms with van der Waals surface area (Å²) in [7, 11) is -3.81. The number of aliphatic hydroxyl groups excluding tert-OH is 1. The fourth-order valence-electron chi connectivity index (χ4n) is 2.29. The number of phosphoric acid groups is 1. The van der Waals surface area contributed by atoms with Crippen molar-refractivity contribution >= 4 is 32.0 Å². The first-order valence-corrected chi connectivity index (χ1v) is 14.8. The molecular formula is C21H37ClO10P2. The number of hydrogen-bond donors (Lipinski definition) is 1. The number of hydrogen-bond acceptors (Lipinski definition) is 10. The summed E-state index contributed by atoms with van der Waals surface area (Å²) in [4.78, 5) is 12.2. The number of phosphoric ester groups is 1. The molecule has 0 aromatic heterocycles. The highest BCUT2D eigenvalue weighted by Crippen LogP contribution is 2.53. The van der Waals surface area contributed by atoms with Gasteiger partial charge in [-0.1, -0.05) is 0 Å². The van der Waals surface area contributed by atoms with Gasteiger partial charge in [-0.05, 0) is 73.6 Å². The van der Waals surface area contributed by atoms with E-state index < -0.39 is 32.4 Å². The van der Waals surface area contributed by atoms with Gasteiger partial charge in [0.05, 0.1) is 38.1 Å². The van der Waals surface area contributed by atoms with Gasteiger partial charge < -0.3 is 14.4 Å². The zero-order valence-corrected chi connectivity index (χ0v) is 23.6. The highest BCUT2D eigenvalue weighted by molar-refractivity contribution is 7.81. The van der Waals surface area contributed by atoms with Crippen LogP contribution in [0.1, 0.15) is 77.4 Å². The van der Waals surface area contributed by atoms with Gasteiger partial charge in [-0.3, -0.25) is 18.1 Å². The minimum Gasteiger partial charge on any atom is -0.456 e. The van der Waals surface area contributed by atoms with Gasteiger partial charge in [0, 0.05) is 16.8 Å². The smallest absolute Gasteiger partial charge is 0.456 e. The third-order valence-electron chi connectivity index (χ3n) is 3.45. The Morgan fingerprint density at radius 2 is 1.44 bits per heavy atom. The molecule has 1 atom stereocenters. The summed E-state index contributed by atoms with van der Waals surface area (Å²) in [5.74, 6) is -0.411. The second-order valence-electron chi connectivity index (χ2n) is 7.57. The number of halogens is 1. The molecule has 0 bridgehead atoms. The standard InChI is InChI=1S/C17H27O7P.C4H10ClO3P/c1-7-21-25(20,22-8-2)24-15-10-9-13(11-14(15)12(3)18)16(19)23-17(4,5)6;1-3-7-9(5,6)8-4-2/h9-12,18H,7-8H2,1-6H3;3-4H2,1-2H3. The third-order valence-corrected chi connectivity index (χ3v) is 6.73. The molecule has 0 saturated heterocycles. The highest BCUT2D eigenvalue weighted by Gasteiger charge is 2.30. The summed E-state index contributed by atoms with van der Waals surface area (Å²) in [5.41, 5.74) is -0.111. The van der Waals surface area contributed by atoms with E-state index in [1.54, 1.807) is 48.5 Å². The first kappa shape index (κ1) is 33.0. The van der Waals surface area contributed by atoms with E-state index in [-0.39, 0.29) is 30.1 Å². The fourth-order valence-corrected chi connectivity index (χ4v) is 4.79. The predicted molar refractivity (Wildman–Crippen MR) is 130 cm³/mol. The number of ether oxygens (including phenoxy) is 1. The topological polar surface area (TPSA) is 127 Å². The lowest BCUT2D eigenvalue weighted by atomic mass is 10.1. The van der Waals surface area contributed by atoms with E-state index in [1.807, 2.05) is 0 Å². The van der Waals surface area contributed by atoms with Crippen molar-refractivity contribution in [2.75, 3.05) is 26.4 Å². The molecule has 0 fully saturated rings. The van der Waals surface area contributed by atoms with Crippen LogP contribution in [0.5, 0.6) is 5.75 Å². The first-order chi connectivity index (χ1) is 15.6. The summed E-state index contributed by atoms with van der Waals surface area (Å²) in [6, 6.07) is 4.35. The van der Waals surface area contributed by atoms with Gasteiger partial charge in [-0.15, -0.1) is 0 Å². The predicted octanol–water partition coefficient (Wildman–Crippen LogP) is 6.66. The van der Waals surface area contributed by atoms with Crippen LogP contribution in [-0.2, 0) is 32.0 Å². The second-order valence-corrected chi connectivity index (χ2v) is 11.8. The Morgan fingerprint density at radius 3 is 1.82 bits per heavy atom. The molecule has 0 saturated carbocycles. The Labute approximate surface area is 207 Å². The van der Waals surface area contributed by atoms with Crippen LogP contribution in [0.25, 0.3) is 0 Å². The Balaban J connectivity index is 0.00000102. The average molecular weight is 547 g/mol. The molecule has 1 aromatic carbocycles. The van der Waals surface area contributed by atoms with Crippen molar-refractivity contribution in [1.29, 1.82) is 0 Å². The SMILES string of the molecule is CCOP(=O)(Cl)OCC.CCOP(=O)(OCC)Oc1ccc(C(=O)OC(C)(C)C)cc1C(C)O. The Morgan fingerprint density at radius 1 is 0.971 bits per heavy atom. The minimum absolute atomic E-state index is 0.118. The van der Waals surface area contributed by atoms with Crippen LogP contribution in [0.3, 0.4) is 0 Å². The van der Waals surface area contributed by atoms with Crippen molar-refractivity contribution in [3.8, 4) is 5.75 Å². The first-order valence-electron chi connectivity index (χ1n) is 10.9. The zero-order chi connectivity index (χ0) is 26.6. The molecule has 0 aliphatic rings. The summed E-state index contributed by atoms with van der Waals surface area (Å²) >= 11 is 5.25. The van der Waals surface area contributed by atoms with E-state index >= 15 is 0 Å². The monoisotopic (exact) mass is 546 g/mol. The molecule has 1 rings (SSSR count). The number of aliphatic hydroxyl groups is 1. The van der Waals surface area contributed by atoms with Gasteiger partial charge in [-0.2, -0.15) is 0 Å². The maximum atomic E-state index is 12.5. The second kappa shape index (κ2) is 15.2. The van der Waals surface area contributed by atoms with Gasteiger partial charge in [-0.25, -0.2) is 13.9 Å². The Kier molecular flexibility index (Phi) is 14.8. The molecule has 0 radical (unpaired) electrons. The van der Waals surface area contributed by atoms with Crippen molar-refractivity contribution in [2.45, 2.75) is 67.1 Å². The van der Waals surface area contributed by atoms with E-state index in [0.29, 0.717) is 13.2 Å². The van der Waals surface area contributed by atoms with Crippen molar-refractivity contribution in [1.82, 2.24) is 0 Å². The molecule has 1 aromatic rings. The molecule has 1 N–H and O–H groups in total. The normalized spacial score (nSPS) is 13.0. The Bertz CT molecular complexity index is 834. The van der Waals surface area contributed by atoms with Crippen molar-refractivity contribution in [3.63, 3.8) is 0 Å². The molecule has 34 heavy (non-hydrogen) atoms. The molecule has 1 unspecified atom stereocenters. The summed E-state index contributed by atoms with van der Waals surface area (Å²) in [5, 5.41) is 10.00. The summed E-state index contributed by atoms with van der Waals surface area (Å²) < 4.78 is 53.3. The quantitative estimate of drug-likeness (QED) is 0.224. The minimum atomic E-state index is -3.81. The van der Waals surface area contributed by atoms with E-state index in [9.17, 15) is 19.0 Å². The maximum Gasteiger partial charge on any atom is 0.530 e. The number of benzene rings is 1. The molecular weight excluding hydrogens is 510 g/mol. The van der Waals surface area contributed by atoms with Gasteiger partial charge in [0.25, 0.3) is 0 Å². The van der Waals surface area contributed by atoms with Gasteiger partial charge in [0.15, 0.2) is 0 Å². The van der Waals surface area contributed by atoms with Crippen LogP contribution < -0.4 is 4.52 Å². The fraction of sp³-hybridized carbons (Fsp3) is 0.667. The highest BCUT2D eigenvalue weighted by atomic mass is 35.7. The lowest BCUT2D eigenvalue weighted by Gasteiger charge is -2.22. The maximum absolute atomic E-state index is 12.5. The van der Waals surface area contributed by atoms with Gasteiger partial charge >= 0.3 is 20.7 Å². The average Bonchev–Trinajstić information content (AvgIpc) is 2.67. The lowest BCUT2D eigenvalue weighted by molar-refractivity contribution is 0.00692. The van der Waals surface area contributed by atoms with E-state index in [0.717, 1.165) is 0 Å². The van der Waals surface area contributed by atoms with Gasteiger partial charge in [0.2, 0.25) is 0 Å². The van der Waals surface area contributed by atoms with Crippen LogP contribution in [0, 0.1) is 0 Å². The molecule has 0 heterocycles. The van der Waals surface area contributed by atoms with E-state index in [4.69, 9.17) is 29.5 Å². The number of rotatable bonds is 12. The van der Waals surface area contributed by atoms with Crippen molar-refractivity contribution < 1.29 is 46.4 Å². The van der Waals surface area contributed by atoms with Gasteiger partial charge in [0.1, 0.15) is 11.4 Å². The van der Waals surface area contributed by atoms with Crippen LogP contribution in [0.15, 0.2) is 18.2 Å². The van der Waals surface area contributed by atoms with Crippen LogP contribution in [-0.4, -0.2) is 43.1 Å². The van der Waals surface area contributed by atoms with Crippen LogP contribution in [0.4, 0.5) is 0 Å². The number of carbonyl (C=O) groups is 1. The van der Waals surface area contributed by atoms with Crippen molar-refractivity contribution in [3.05, 3.63) is 29.3 Å². The summed E-state index contributed by atoms with van der Waals surface area (Å²) in [6.45, 7) is 11.2. The molecule has 10 nitrogen and oxygen atoms in total. The van der Waals surface area contributed by atoms with E-state index in [2.05, 4.69) is 9.05 Å². The van der Waals surface area contributed by atoms with Crippen LogP contribution in [0.2, 0.25) is 0 Å². The van der Waals surface area contributed by atoms with Crippen LogP contribution >= 0.6 is 26.0 Å². The Hall–Kier alpha value is -0.960. The molecule has 198 valence electrons. The third kappa shape index (κ3) is 13.2. The molecule has 0 spiro atoms. The molecule has 0 aliphatic heterocycles. The number of carbonyl (C=O) groups excluding carboxylic acids is 1.